The van der Waals surface area contributed by atoms with Gasteiger partial charge in [-0.2, -0.15) is 0 Å². The van der Waals surface area contributed by atoms with E-state index in [1.54, 1.807) is 0 Å². The molecule has 0 fully saturated rings. The second kappa shape index (κ2) is 11.8. The highest BCUT2D eigenvalue weighted by molar-refractivity contribution is 6.12. The zero-order valence-corrected chi connectivity index (χ0v) is 28.9. The summed E-state index contributed by atoms with van der Waals surface area (Å²) < 4.78 is 0. The van der Waals surface area contributed by atoms with Crippen molar-refractivity contribution in [3.8, 4) is 22.3 Å². The van der Waals surface area contributed by atoms with Crippen LogP contribution in [0, 0.1) is 27.7 Å². The van der Waals surface area contributed by atoms with Gasteiger partial charge in [0.1, 0.15) is 0 Å². The van der Waals surface area contributed by atoms with Gasteiger partial charge >= 0.3 is 0 Å². The van der Waals surface area contributed by atoms with Gasteiger partial charge in [-0.05, 0) is 167 Å². The number of para-hydroxylation sites is 4. The summed E-state index contributed by atoms with van der Waals surface area (Å²) in [5.74, 6) is 0. The molecule has 8 aromatic rings. The first-order valence-corrected chi connectivity index (χ1v) is 17.4. The Bertz CT molecular complexity index is 2320. The minimum Gasteiger partial charge on any atom is -0.310 e. The van der Waals surface area contributed by atoms with Gasteiger partial charge < -0.3 is 9.80 Å². The summed E-state index contributed by atoms with van der Waals surface area (Å²) in [6.45, 7) is 8.77. The van der Waals surface area contributed by atoms with Crippen LogP contribution in [0.25, 0.3) is 43.8 Å². The Morgan fingerprint density at radius 2 is 0.560 bits per heavy atom. The summed E-state index contributed by atoms with van der Waals surface area (Å²) >= 11 is 0. The van der Waals surface area contributed by atoms with Gasteiger partial charge in [0.05, 0.1) is 0 Å². The summed E-state index contributed by atoms with van der Waals surface area (Å²) in [6.07, 6.45) is 0. The third-order valence-electron chi connectivity index (χ3n) is 10.4. The zero-order chi connectivity index (χ0) is 33.9. The molecule has 0 radical (unpaired) electrons. The lowest BCUT2D eigenvalue weighted by Gasteiger charge is -2.30. The van der Waals surface area contributed by atoms with Gasteiger partial charge in [-0.15, -0.1) is 0 Å². The number of aryl methyl sites for hydroxylation is 4. The summed E-state index contributed by atoms with van der Waals surface area (Å²) in [5.41, 5.74) is 17.4. The van der Waals surface area contributed by atoms with E-state index in [0.29, 0.717) is 0 Å². The Labute approximate surface area is 294 Å². The second-order valence-corrected chi connectivity index (χ2v) is 13.7. The lowest BCUT2D eigenvalue weighted by molar-refractivity contribution is 1.23. The molecule has 50 heavy (non-hydrogen) atoms. The Hall–Kier alpha value is -6.12. The van der Waals surface area contributed by atoms with Crippen molar-refractivity contribution in [2.24, 2.45) is 0 Å². The average Bonchev–Trinajstić information content (AvgIpc) is 3.13. The normalized spacial score (nSPS) is 11.6. The first kappa shape index (κ1) is 30.0. The van der Waals surface area contributed by atoms with E-state index in [9.17, 15) is 0 Å². The molecule has 0 saturated heterocycles. The van der Waals surface area contributed by atoms with Gasteiger partial charge in [-0.25, -0.2) is 0 Å². The molecule has 0 amide bonds. The topological polar surface area (TPSA) is 6.48 Å². The molecule has 0 unspecified atom stereocenters. The van der Waals surface area contributed by atoms with Crippen molar-refractivity contribution < 1.29 is 0 Å². The molecule has 0 spiro atoms. The minimum atomic E-state index is 1.17. The monoisotopic (exact) mass is 642 g/mol. The molecule has 0 bridgehead atoms. The summed E-state index contributed by atoms with van der Waals surface area (Å²) in [6, 6.07) is 58.0. The SMILES string of the molecule is Cc1ccccc1N(c1ccc2cc3c(cc2c1)-c1cc2ccc(N(c4ccccc4C)c4ccccc4C)cc2cc1-3)c1ccccc1C. The zero-order valence-electron chi connectivity index (χ0n) is 28.9. The van der Waals surface area contributed by atoms with Crippen molar-refractivity contribution in [1.82, 2.24) is 0 Å². The maximum Gasteiger partial charge on any atom is 0.0490 e. The average molecular weight is 643 g/mol. The lowest BCUT2D eigenvalue weighted by Crippen LogP contribution is -2.12. The van der Waals surface area contributed by atoms with Crippen molar-refractivity contribution in [3.05, 3.63) is 180 Å². The molecule has 8 aromatic carbocycles. The van der Waals surface area contributed by atoms with Crippen molar-refractivity contribution in [2.45, 2.75) is 27.7 Å². The van der Waals surface area contributed by atoms with E-state index >= 15 is 0 Å². The molecule has 0 N–H and O–H groups in total. The number of hydrogen-bond donors (Lipinski definition) is 0. The maximum atomic E-state index is 2.40. The molecule has 2 nitrogen and oxygen atoms in total. The molecule has 0 saturated carbocycles. The Balaban J connectivity index is 1.13. The molecule has 1 aliphatic carbocycles. The highest BCUT2D eigenvalue weighted by Crippen LogP contribution is 2.51. The quantitative estimate of drug-likeness (QED) is 0.178. The van der Waals surface area contributed by atoms with Crippen LogP contribution in [0.5, 0.6) is 0 Å². The minimum absolute atomic E-state index is 1.17. The van der Waals surface area contributed by atoms with Crippen LogP contribution in [0.1, 0.15) is 22.3 Å². The maximum absolute atomic E-state index is 2.40. The van der Waals surface area contributed by atoms with Crippen LogP contribution < -0.4 is 9.80 Å². The fourth-order valence-corrected chi connectivity index (χ4v) is 7.75. The first-order valence-electron chi connectivity index (χ1n) is 17.4. The van der Waals surface area contributed by atoms with Crippen molar-refractivity contribution in [3.63, 3.8) is 0 Å². The molecular weight excluding hydrogens is 605 g/mol. The van der Waals surface area contributed by atoms with Crippen LogP contribution in [-0.4, -0.2) is 0 Å². The Morgan fingerprint density at radius 1 is 0.280 bits per heavy atom. The van der Waals surface area contributed by atoms with Gasteiger partial charge in [-0.1, -0.05) is 84.9 Å². The molecule has 1 aliphatic rings. The van der Waals surface area contributed by atoms with Gasteiger partial charge in [0.15, 0.2) is 0 Å². The van der Waals surface area contributed by atoms with E-state index in [2.05, 4.69) is 195 Å². The van der Waals surface area contributed by atoms with Crippen LogP contribution in [0.3, 0.4) is 0 Å². The smallest absolute Gasteiger partial charge is 0.0490 e. The molecule has 240 valence electrons. The van der Waals surface area contributed by atoms with Gasteiger partial charge in [-0.3, -0.25) is 0 Å². The predicted molar refractivity (Wildman–Crippen MR) is 214 cm³/mol. The number of hydrogen-bond acceptors (Lipinski definition) is 2. The molecular formula is C48H38N2. The molecule has 0 atom stereocenters. The third kappa shape index (κ3) is 4.87. The third-order valence-corrected chi connectivity index (χ3v) is 10.4. The van der Waals surface area contributed by atoms with Crippen molar-refractivity contribution in [2.75, 3.05) is 9.80 Å². The molecule has 9 rings (SSSR count). The number of rotatable bonds is 6. The highest BCUT2D eigenvalue weighted by Gasteiger charge is 2.25. The second-order valence-electron chi connectivity index (χ2n) is 13.7. The molecule has 0 aliphatic heterocycles. The van der Waals surface area contributed by atoms with E-state index in [4.69, 9.17) is 0 Å². The standard InChI is InChI=1S/C48H38N2/c1-31-13-5-9-17-45(31)49(46-18-10-6-14-32(46)2)39-23-21-35-27-41-43(29-37(35)25-39)42-28-36-22-24-40(26-38(36)30-44(41)42)50(47-19-11-7-15-33(47)3)48-20-12-8-16-34(48)4/h5-30H,1-4H3. The van der Waals surface area contributed by atoms with Crippen LogP contribution in [-0.2, 0) is 0 Å². The predicted octanol–water partition coefficient (Wildman–Crippen LogP) is 13.8. The van der Waals surface area contributed by atoms with E-state index in [-0.39, 0.29) is 0 Å². The molecule has 0 aromatic heterocycles. The fourth-order valence-electron chi connectivity index (χ4n) is 7.75. The summed E-state index contributed by atoms with van der Waals surface area (Å²) in [5, 5.41) is 5.02. The number of benzene rings is 8. The van der Waals surface area contributed by atoms with Crippen molar-refractivity contribution in [1.29, 1.82) is 0 Å². The van der Waals surface area contributed by atoms with Crippen LogP contribution in [0.15, 0.2) is 158 Å². The number of nitrogens with zero attached hydrogens (tertiary/aromatic N) is 2. The van der Waals surface area contributed by atoms with E-state index in [1.807, 2.05) is 0 Å². The number of anilines is 6. The fraction of sp³-hybridized carbons (Fsp3) is 0.0833. The Kier molecular flexibility index (Phi) is 7.07. The highest BCUT2D eigenvalue weighted by atomic mass is 15.2. The van der Waals surface area contributed by atoms with Crippen molar-refractivity contribution >= 4 is 55.7 Å². The van der Waals surface area contributed by atoms with Gasteiger partial charge in [0.2, 0.25) is 0 Å². The summed E-state index contributed by atoms with van der Waals surface area (Å²) in [7, 11) is 0. The largest absolute Gasteiger partial charge is 0.310 e. The first-order chi connectivity index (χ1) is 24.4. The molecule has 0 heterocycles. The molecule has 2 heteroatoms. The van der Waals surface area contributed by atoms with Gasteiger partial charge in [0, 0.05) is 34.1 Å². The van der Waals surface area contributed by atoms with Crippen LogP contribution in [0.4, 0.5) is 34.1 Å². The lowest BCUT2D eigenvalue weighted by atomic mass is 9.78. The van der Waals surface area contributed by atoms with Crippen LogP contribution in [0.2, 0.25) is 0 Å². The van der Waals surface area contributed by atoms with Gasteiger partial charge in [0.25, 0.3) is 0 Å². The van der Waals surface area contributed by atoms with E-state index < -0.39 is 0 Å². The van der Waals surface area contributed by atoms with E-state index in [0.717, 1.165) is 0 Å². The summed E-state index contributed by atoms with van der Waals surface area (Å²) in [4.78, 5) is 4.80. The van der Waals surface area contributed by atoms with E-state index in [1.165, 1.54) is 100 Å². The number of fused-ring (bicyclic) bond motifs is 6. The Morgan fingerprint density at radius 3 is 0.860 bits per heavy atom. The van der Waals surface area contributed by atoms with Crippen LogP contribution >= 0.6 is 0 Å².